The Bertz CT molecular complexity index is 900. The van der Waals surface area contributed by atoms with E-state index in [0.717, 1.165) is 0 Å². The Hall–Kier alpha value is -3.27. The molecule has 1 heterocycles. The average Bonchev–Trinajstić information content (AvgIpc) is 2.78. The molecule has 9 nitrogen and oxygen atoms in total. The zero-order valence-electron chi connectivity index (χ0n) is 16.6. The van der Waals surface area contributed by atoms with Gasteiger partial charge >= 0.3 is 17.9 Å². The van der Waals surface area contributed by atoms with Crippen LogP contribution in [0.4, 0.5) is 0 Å². The van der Waals surface area contributed by atoms with Crippen LogP contribution in [-0.4, -0.2) is 65.4 Å². The van der Waals surface area contributed by atoms with Crippen LogP contribution < -0.4 is 0 Å². The van der Waals surface area contributed by atoms with Gasteiger partial charge in [-0.25, -0.2) is 9.59 Å². The highest BCUT2D eigenvalue weighted by molar-refractivity contribution is 5.90. The minimum Gasteiger partial charge on any atom is -0.463 e. The Labute approximate surface area is 178 Å². The number of hydrogen-bond donors (Lipinski definition) is 2. The van der Waals surface area contributed by atoms with E-state index in [1.54, 1.807) is 36.4 Å². The Morgan fingerprint density at radius 3 is 1.81 bits per heavy atom. The molecule has 164 valence electrons. The lowest BCUT2D eigenvalue weighted by Gasteiger charge is -2.41. The van der Waals surface area contributed by atoms with Crippen LogP contribution in [0.1, 0.15) is 27.6 Å². The fourth-order valence-electron chi connectivity index (χ4n) is 3.04. The van der Waals surface area contributed by atoms with Gasteiger partial charge in [0.1, 0.15) is 18.8 Å². The van der Waals surface area contributed by atoms with Crippen molar-refractivity contribution in [1.29, 1.82) is 0 Å². The molecule has 3 rings (SSSR count). The number of rotatable bonds is 6. The maximum Gasteiger partial charge on any atom is 0.338 e. The van der Waals surface area contributed by atoms with E-state index in [1.165, 1.54) is 31.2 Å². The molecule has 0 saturated carbocycles. The standard InChI is InChI=1S/C22H22O9/c1-13(23)28-12-16-17(24)18(30-20(25)14-8-4-2-5-9-14)19(22(27)29-16)31-21(26)15-10-6-3-7-11-15/h2-11,16-19,22,24,27H,12H2,1H3/t16-,17-,18+,19-,22+/m1/s1. The summed E-state index contributed by atoms with van der Waals surface area (Å²) in [6.45, 7) is 0.773. The van der Waals surface area contributed by atoms with Gasteiger partial charge in [0.05, 0.1) is 11.1 Å². The highest BCUT2D eigenvalue weighted by Crippen LogP contribution is 2.27. The van der Waals surface area contributed by atoms with E-state index >= 15 is 0 Å². The van der Waals surface area contributed by atoms with Crippen molar-refractivity contribution >= 4 is 17.9 Å². The van der Waals surface area contributed by atoms with Crippen LogP contribution in [0.2, 0.25) is 0 Å². The molecule has 0 unspecified atom stereocenters. The number of esters is 3. The van der Waals surface area contributed by atoms with Crippen LogP contribution in [0.3, 0.4) is 0 Å². The normalized spacial score (nSPS) is 25.3. The molecule has 2 N–H and O–H groups in total. The van der Waals surface area contributed by atoms with Crippen molar-refractivity contribution in [2.75, 3.05) is 6.61 Å². The van der Waals surface area contributed by atoms with Crippen molar-refractivity contribution in [2.24, 2.45) is 0 Å². The number of aliphatic hydroxyl groups is 2. The van der Waals surface area contributed by atoms with Gasteiger partial charge in [-0.15, -0.1) is 0 Å². The van der Waals surface area contributed by atoms with Crippen molar-refractivity contribution in [3.8, 4) is 0 Å². The van der Waals surface area contributed by atoms with Gasteiger partial charge in [-0.05, 0) is 24.3 Å². The molecule has 1 saturated heterocycles. The molecule has 9 heteroatoms. The quantitative estimate of drug-likeness (QED) is 0.511. The number of hydrogen-bond acceptors (Lipinski definition) is 9. The van der Waals surface area contributed by atoms with Crippen LogP contribution in [0.5, 0.6) is 0 Å². The van der Waals surface area contributed by atoms with Crippen LogP contribution >= 0.6 is 0 Å². The largest absolute Gasteiger partial charge is 0.463 e. The molecule has 1 aliphatic rings. The molecule has 1 fully saturated rings. The number of carbonyl (C=O) groups is 3. The van der Waals surface area contributed by atoms with Crippen molar-refractivity contribution in [3.05, 3.63) is 71.8 Å². The molecule has 0 spiro atoms. The summed E-state index contributed by atoms with van der Waals surface area (Å²) in [6.07, 6.45) is -7.51. The third-order valence-electron chi connectivity index (χ3n) is 4.59. The van der Waals surface area contributed by atoms with Crippen molar-refractivity contribution in [2.45, 2.75) is 37.6 Å². The summed E-state index contributed by atoms with van der Waals surface area (Å²) in [7, 11) is 0. The molecule has 5 atom stereocenters. The predicted molar refractivity (Wildman–Crippen MR) is 105 cm³/mol. The average molecular weight is 430 g/mol. The maximum absolute atomic E-state index is 12.6. The fraction of sp³-hybridized carbons (Fsp3) is 0.318. The van der Waals surface area contributed by atoms with Gasteiger partial charge in [-0.2, -0.15) is 0 Å². The number of benzene rings is 2. The highest BCUT2D eigenvalue weighted by Gasteiger charge is 2.49. The molecule has 0 radical (unpaired) electrons. The molecule has 2 aromatic carbocycles. The molecule has 0 bridgehead atoms. The monoisotopic (exact) mass is 430 g/mol. The first-order chi connectivity index (χ1) is 14.9. The van der Waals surface area contributed by atoms with Crippen molar-refractivity contribution in [1.82, 2.24) is 0 Å². The van der Waals surface area contributed by atoms with Gasteiger partial charge in [0.25, 0.3) is 0 Å². The van der Waals surface area contributed by atoms with E-state index in [9.17, 15) is 24.6 Å². The topological polar surface area (TPSA) is 129 Å². The Morgan fingerprint density at radius 2 is 1.32 bits per heavy atom. The molecule has 0 amide bonds. The summed E-state index contributed by atoms with van der Waals surface area (Å²) in [6, 6.07) is 15.9. The summed E-state index contributed by atoms with van der Waals surface area (Å²) >= 11 is 0. The summed E-state index contributed by atoms with van der Waals surface area (Å²) in [5, 5.41) is 21.1. The lowest BCUT2D eigenvalue weighted by Crippen LogP contribution is -2.61. The summed E-state index contributed by atoms with van der Waals surface area (Å²) in [5.74, 6) is -2.23. The van der Waals surface area contributed by atoms with Gasteiger partial charge in [-0.1, -0.05) is 36.4 Å². The first-order valence-corrected chi connectivity index (χ1v) is 9.54. The molecule has 0 aliphatic carbocycles. The summed E-state index contributed by atoms with van der Waals surface area (Å²) in [5.41, 5.74) is 0.389. The fourth-order valence-corrected chi connectivity index (χ4v) is 3.04. The second-order valence-electron chi connectivity index (χ2n) is 6.83. The van der Waals surface area contributed by atoms with Crippen LogP contribution in [-0.2, 0) is 23.7 Å². The molecular weight excluding hydrogens is 408 g/mol. The highest BCUT2D eigenvalue weighted by atomic mass is 16.7. The second-order valence-corrected chi connectivity index (χ2v) is 6.83. The maximum atomic E-state index is 12.6. The number of ether oxygens (including phenoxy) is 4. The molecule has 31 heavy (non-hydrogen) atoms. The molecular formula is C22H22O9. The molecule has 1 aliphatic heterocycles. The Kier molecular flexibility index (Phi) is 7.35. The SMILES string of the molecule is CC(=O)OC[C@H]1O[C@H](O)[C@H](OC(=O)c2ccccc2)[C@@H](OC(=O)c2ccccc2)[C@@H]1O. The smallest absolute Gasteiger partial charge is 0.338 e. The third-order valence-corrected chi connectivity index (χ3v) is 4.59. The summed E-state index contributed by atoms with van der Waals surface area (Å²) in [4.78, 5) is 36.1. The van der Waals surface area contributed by atoms with Crippen molar-refractivity contribution < 1.29 is 43.5 Å². The van der Waals surface area contributed by atoms with Gasteiger partial charge in [-0.3, -0.25) is 4.79 Å². The summed E-state index contributed by atoms with van der Waals surface area (Å²) < 4.78 is 20.8. The van der Waals surface area contributed by atoms with Crippen molar-refractivity contribution in [3.63, 3.8) is 0 Å². The van der Waals surface area contributed by atoms with Gasteiger partial charge in [0, 0.05) is 6.92 Å². The lowest BCUT2D eigenvalue weighted by molar-refractivity contribution is -0.285. The van der Waals surface area contributed by atoms with Crippen LogP contribution in [0, 0.1) is 0 Å². The van der Waals surface area contributed by atoms with E-state index < -0.39 is 55.2 Å². The second kappa shape index (κ2) is 10.2. The Morgan fingerprint density at radius 1 is 0.839 bits per heavy atom. The minimum absolute atomic E-state index is 0.194. The first kappa shape index (κ1) is 22.4. The number of aliphatic hydroxyl groups excluding tert-OH is 2. The van der Waals surface area contributed by atoms with Gasteiger partial charge in [0.15, 0.2) is 18.5 Å². The first-order valence-electron chi connectivity index (χ1n) is 9.54. The molecule has 0 aromatic heterocycles. The number of carbonyl (C=O) groups excluding carboxylic acids is 3. The van der Waals surface area contributed by atoms with Crippen LogP contribution in [0.25, 0.3) is 0 Å². The van der Waals surface area contributed by atoms with E-state index in [-0.39, 0.29) is 11.1 Å². The predicted octanol–water partition coefficient (Wildman–Crippen LogP) is 1.08. The van der Waals surface area contributed by atoms with Gasteiger partial charge < -0.3 is 29.2 Å². The van der Waals surface area contributed by atoms with Gasteiger partial charge in [0.2, 0.25) is 0 Å². The van der Waals surface area contributed by atoms with E-state index in [4.69, 9.17) is 18.9 Å². The van der Waals surface area contributed by atoms with Crippen LogP contribution in [0.15, 0.2) is 60.7 Å². The van der Waals surface area contributed by atoms with E-state index in [0.29, 0.717) is 0 Å². The zero-order chi connectivity index (χ0) is 22.4. The van der Waals surface area contributed by atoms with E-state index in [1.807, 2.05) is 0 Å². The molecule has 2 aromatic rings. The lowest BCUT2D eigenvalue weighted by atomic mass is 9.98. The Balaban J connectivity index is 1.82. The zero-order valence-corrected chi connectivity index (χ0v) is 16.6. The third kappa shape index (κ3) is 5.66. The minimum atomic E-state index is -1.75. The van der Waals surface area contributed by atoms with E-state index in [2.05, 4.69) is 0 Å².